The number of hydrogen-bond donors (Lipinski definition) is 0. The van der Waals surface area contributed by atoms with Gasteiger partial charge in [-0.3, -0.25) is 4.79 Å². The van der Waals surface area contributed by atoms with E-state index < -0.39 is 10.2 Å². The SMILES string of the molecule is CN(C)S(=O)(=O)N1CCN(C(=O)/C=C/c2ccc(Cl)cc2Cl)CC1. The van der Waals surface area contributed by atoms with E-state index in [1.807, 2.05) is 0 Å². The summed E-state index contributed by atoms with van der Waals surface area (Å²) < 4.78 is 26.6. The number of carbonyl (C=O) groups excluding carboxylic acids is 1. The maximum atomic E-state index is 12.2. The first kappa shape index (κ1) is 19.2. The molecule has 1 aromatic rings. The van der Waals surface area contributed by atoms with Gasteiger partial charge in [0.25, 0.3) is 10.2 Å². The number of nitrogens with zero attached hydrogens (tertiary/aromatic N) is 3. The minimum absolute atomic E-state index is 0.178. The lowest BCUT2D eigenvalue weighted by Crippen LogP contribution is -2.52. The molecule has 2 rings (SSSR count). The average molecular weight is 392 g/mol. The van der Waals surface area contributed by atoms with Crippen molar-refractivity contribution in [3.63, 3.8) is 0 Å². The van der Waals surface area contributed by atoms with Crippen LogP contribution in [0.3, 0.4) is 0 Å². The van der Waals surface area contributed by atoms with Gasteiger partial charge in [0.2, 0.25) is 5.91 Å². The van der Waals surface area contributed by atoms with Gasteiger partial charge in [0.1, 0.15) is 0 Å². The molecule has 0 spiro atoms. The first-order valence-electron chi connectivity index (χ1n) is 7.31. The highest BCUT2D eigenvalue weighted by Crippen LogP contribution is 2.22. The predicted octanol–water partition coefficient (Wildman–Crippen LogP) is 1.96. The van der Waals surface area contributed by atoms with Gasteiger partial charge < -0.3 is 4.90 Å². The number of piperazine rings is 1. The summed E-state index contributed by atoms with van der Waals surface area (Å²) in [6.07, 6.45) is 3.06. The molecule has 1 heterocycles. The molecule has 0 aliphatic carbocycles. The molecule has 132 valence electrons. The lowest BCUT2D eigenvalue weighted by molar-refractivity contribution is -0.127. The lowest BCUT2D eigenvalue weighted by Gasteiger charge is -2.34. The van der Waals surface area contributed by atoms with Crippen LogP contribution in [0.25, 0.3) is 6.08 Å². The Morgan fingerprint density at radius 1 is 1.17 bits per heavy atom. The Bertz CT molecular complexity index is 742. The normalized spacial score (nSPS) is 17.0. The number of amides is 1. The third-order valence-corrected chi connectivity index (χ3v) is 6.21. The van der Waals surface area contributed by atoms with Gasteiger partial charge in [-0.1, -0.05) is 29.3 Å². The largest absolute Gasteiger partial charge is 0.337 e. The molecule has 0 radical (unpaired) electrons. The van der Waals surface area contributed by atoms with Crippen LogP contribution >= 0.6 is 23.2 Å². The zero-order chi connectivity index (χ0) is 17.9. The maximum absolute atomic E-state index is 12.2. The van der Waals surface area contributed by atoms with E-state index in [0.717, 1.165) is 0 Å². The minimum Gasteiger partial charge on any atom is -0.337 e. The highest BCUT2D eigenvalue weighted by molar-refractivity contribution is 7.86. The van der Waals surface area contributed by atoms with Crippen LogP contribution in [0.15, 0.2) is 24.3 Å². The summed E-state index contributed by atoms with van der Waals surface area (Å²) in [4.78, 5) is 13.8. The highest BCUT2D eigenvalue weighted by Gasteiger charge is 2.29. The van der Waals surface area contributed by atoms with E-state index in [0.29, 0.717) is 28.7 Å². The van der Waals surface area contributed by atoms with Crippen molar-refractivity contribution in [2.24, 2.45) is 0 Å². The van der Waals surface area contributed by atoms with Gasteiger partial charge in [0.15, 0.2) is 0 Å². The summed E-state index contributed by atoms with van der Waals surface area (Å²) in [6.45, 7) is 1.26. The second kappa shape index (κ2) is 7.84. The van der Waals surface area contributed by atoms with Crippen LogP contribution in [-0.4, -0.2) is 68.1 Å². The van der Waals surface area contributed by atoms with Crippen molar-refractivity contribution >= 4 is 45.4 Å². The molecule has 1 aromatic carbocycles. The van der Waals surface area contributed by atoms with Crippen LogP contribution in [0.2, 0.25) is 10.0 Å². The third kappa shape index (κ3) is 4.49. The van der Waals surface area contributed by atoms with Gasteiger partial charge in [0, 0.05) is 56.4 Å². The van der Waals surface area contributed by atoms with Gasteiger partial charge in [-0.2, -0.15) is 17.0 Å². The Kier molecular flexibility index (Phi) is 6.28. The molecule has 1 amide bonds. The molecule has 6 nitrogen and oxygen atoms in total. The van der Waals surface area contributed by atoms with Crippen molar-refractivity contribution < 1.29 is 13.2 Å². The Morgan fingerprint density at radius 2 is 1.79 bits per heavy atom. The first-order chi connectivity index (χ1) is 11.2. The minimum atomic E-state index is -3.43. The molecule has 0 saturated carbocycles. The fourth-order valence-electron chi connectivity index (χ4n) is 2.27. The second-order valence-electron chi connectivity index (χ2n) is 5.51. The summed E-state index contributed by atoms with van der Waals surface area (Å²) >= 11 is 11.9. The fourth-order valence-corrected chi connectivity index (χ4v) is 3.83. The monoisotopic (exact) mass is 391 g/mol. The molecule has 0 unspecified atom stereocenters. The van der Waals surface area contributed by atoms with Gasteiger partial charge in [0.05, 0.1) is 0 Å². The third-order valence-electron chi connectivity index (χ3n) is 3.71. The van der Waals surface area contributed by atoms with Crippen molar-refractivity contribution in [3.05, 3.63) is 39.9 Å². The summed E-state index contributed by atoms with van der Waals surface area (Å²) in [7, 11) is -0.450. The van der Waals surface area contributed by atoms with Gasteiger partial charge >= 0.3 is 0 Å². The quantitative estimate of drug-likeness (QED) is 0.736. The van der Waals surface area contributed by atoms with Gasteiger partial charge in [-0.15, -0.1) is 0 Å². The van der Waals surface area contributed by atoms with Crippen LogP contribution in [0.5, 0.6) is 0 Å². The number of rotatable bonds is 4. The Hall–Kier alpha value is -1.12. The van der Waals surface area contributed by atoms with Crippen molar-refractivity contribution in [2.75, 3.05) is 40.3 Å². The Morgan fingerprint density at radius 3 is 2.33 bits per heavy atom. The molecule has 1 aliphatic heterocycles. The van der Waals surface area contributed by atoms with E-state index in [1.165, 1.54) is 28.8 Å². The van der Waals surface area contributed by atoms with E-state index >= 15 is 0 Å². The van der Waals surface area contributed by atoms with Crippen molar-refractivity contribution in [3.8, 4) is 0 Å². The Balaban J connectivity index is 1.97. The number of carbonyl (C=O) groups is 1. The van der Waals surface area contributed by atoms with Gasteiger partial charge in [-0.25, -0.2) is 0 Å². The molecule has 1 aliphatic rings. The number of benzene rings is 1. The van der Waals surface area contributed by atoms with E-state index in [-0.39, 0.29) is 19.0 Å². The first-order valence-corrected chi connectivity index (χ1v) is 9.47. The Labute approximate surface area is 152 Å². The summed E-state index contributed by atoms with van der Waals surface area (Å²) in [5, 5.41) is 0.996. The van der Waals surface area contributed by atoms with E-state index in [1.54, 1.807) is 29.2 Å². The van der Waals surface area contributed by atoms with Crippen molar-refractivity contribution in [2.45, 2.75) is 0 Å². The molecule has 0 N–H and O–H groups in total. The zero-order valence-corrected chi connectivity index (χ0v) is 15.8. The maximum Gasteiger partial charge on any atom is 0.281 e. The molecule has 24 heavy (non-hydrogen) atoms. The lowest BCUT2D eigenvalue weighted by atomic mass is 10.2. The molecular formula is C15H19Cl2N3O3S. The standard InChI is InChI=1S/C15H19Cl2N3O3S/c1-18(2)24(22,23)20-9-7-19(8-10-20)15(21)6-4-12-3-5-13(16)11-14(12)17/h3-6,11H,7-10H2,1-2H3/b6-4+. The van der Waals surface area contributed by atoms with E-state index in [4.69, 9.17) is 23.2 Å². The van der Waals surface area contributed by atoms with E-state index in [2.05, 4.69) is 0 Å². The smallest absolute Gasteiger partial charge is 0.281 e. The molecule has 1 saturated heterocycles. The fraction of sp³-hybridized carbons (Fsp3) is 0.400. The molecule has 0 bridgehead atoms. The van der Waals surface area contributed by atoms with Crippen LogP contribution in [0.4, 0.5) is 0 Å². The molecule has 9 heteroatoms. The summed E-state index contributed by atoms with van der Waals surface area (Å²) in [6, 6.07) is 5.04. The molecule has 1 fully saturated rings. The molecular weight excluding hydrogens is 373 g/mol. The van der Waals surface area contributed by atoms with Crippen molar-refractivity contribution in [1.29, 1.82) is 0 Å². The van der Waals surface area contributed by atoms with Crippen LogP contribution < -0.4 is 0 Å². The summed E-state index contributed by atoms with van der Waals surface area (Å²) in [5.41, 5.74) is 0.697. The van der Waals surface area contributed by atoms with Crippen LogP contribution in [-0.2, 0) is 15.0 Å². The molecule has 0 aromatic heterocycles. The molecule has 0 atom stereocenters. The number of halogens is 2. The second-order valence-corrected chi connectivity index (χ2v) is 8.50. The van der Waals surface area contributed by atoms with E-state index in [9.17, 15) is 13.2 Å². The zero-order valence-electron chi connectivity index (χ0n) is 13.4. The average Bonchev–Trinajstić information content (AvgIpc) is 2.53. The predicted molar refractivity (Wildman–Crippen MR) is 96.3 cm³/mol. The van der Waals surface area contributed by atoms with Crippen molar-refractivity contribution in [1.82, 2.24) is 13.5 Å². The van der Waals surface area contributed by atoms with Crippen LogP contribution in [0.1, 0.15) is 5.56 Å². The summed E-state index contributed by atoms with van der Waals surface area (Å²) in [5.74, 6) is -0.178. The van der Waals surface area contributed by atoms with Gasteiger partial charge in [-0.05, 0) is 23.8 Å². The number of hydrogen-bond acceptors (Lipinski definition) is 3. The highest BCUT2D eigenvalue weighted by atomic mass is 35.5. The topological polar surface area (TPSA) is 60.9 Å². The van der Waals surface area contributed by atoms with Crippen LogP contribution in [0, 0.1) is 0 Å².